The number of sulfonamides is 1. The van der Waals surface area contributed by atoms with Crippen molar-refractivity contribution in [2.24, 2.45) is 5.92 Å². The predicted molar refractivity (Wildman–Crippen MR) is 77.3 cm³/mol. The summed E-state index contributed by atoms with van der Waals surface area (Å²) in [5.74, 6) is -1.67. The topological polar surface area (TPSA) is 66.5 Å². The van der Waals surface area contributed by atoms with E-state index in [4.69, 9.17) is 0 Å². The van der Waals surface area contributed by atoms with Gasteiger partial charge in [0.05, 0.1) is 6.26 Å². The fourth-order valence-electron chi connectivity index (χ4n) is 2.51. The number of carbonyl (C=O) groups excluding carboxylic acids is 1. The van der Waals surface area contributed by atoms with Gasteiger partial charge < -0.3 is 5.32 Å². The third-order valence-electron chi connectivity index (χ3n) is 3.60. The molecule has 5 nitrogen and oxygen atoms in total. The van der Waals surface area contributed by atoms with Crippen molar-refractivity contribution in [3.05, 3.63) is 35.4 Å². The molecule has 1 aliphatic rings. The maximum atomic E-state index is 13.0. The van der Waals surface area contributed by atoms with Crippen molar-refractivity contribution in [3.63, 3.8) is 0 Å². The van der Waals surface area contributed by atoms with Crippen molar-refractivity contribution < 1.29 is 22.0 Å². The highest BCUT2D eigenvalue weighted by atomic mass is 32.2. The average Bonchev–Trinajstić information content (AvgIpc) is 2.83. The van der Waals surface area contributed by atoms with Crippen LogP contribution in [0.4, 0.5) is 8.78 Å². The largest absolute Gasteiger partial charge is 0.352 e. The van der Waals surface area contributed by atoms with Gasteiger partial charge in [0.15, 0.2) is 0 Å². The van der Waals surface area contributed by atoms with E-state index in [2.05, 4.69) is 5.32 Å². The molecule has 1 amide bonds. The minimum Gasteiger partial charge on any atom is -0.352 e. The van der Waals surface area contributed by atoms with Crippen molar-refractivity contribution in [2.75, 3.05) is 19.3 Å². The fourth-order valence-corrected chi connectivity index (χ4v) is 3.43. The van der Waals surface area contributed by atoms with Crippen molar-refractivity contribution in [1.29, 1.82) is 0 Å². The molecular formula is C14H18F2N2O3S. The van der Waals surface area contributed by atoms with Gasteiger partial charge in [0, 0.05) is 32.1 Å². The molecule has 1 aromatic carbocycles. The first-order valence-electron chi connectivity index (χ1n) is 6.91. The molecule has 22 heavy (non-hydrogen) atoms. The molecule has 1 atom stereocenters. The van der Waals surface area contributed by atoms with E-state index in [1.54, 1.807) is 0 Å². The smallest absolute Gasteiger partial charge is 0.220 e. The number of hydrogen-bond donors (Lipinski definition) is 1. The zero-order chi connectivity index (χ0) is 16.3. The van der Waals surface area contributed by atoms with E-state index in [9.17, 15) is 22.0 Å². The zero-order valence-electron chi connectivity index (χ0n) is 12.2. The Morgan fingerprint density at radius 3 is 2.50 bits per heavy atom. The molecule has 122 valence electrons. The Bertz CT molecular complexity index is 644. The molecule has 0 aromatic heterocycles. The first-order chi connectivity index (χ1) is 10.2. The normalized spacial score (nSPS) is 19.3. The highest BCUT2D eigenvalue weighted by Gasteiger charge is 2.29. The first kappa shape index (κ1) is 16.8. The van der Waals surface area contributed by atoms with E-state index in [-0.39, 0.29) is 24.8 Å². The van der Waals surface area contributed by atoms with E-state index in [0.717, 1.165) is 24.5 Å². The van der Waals surface area contributed by atoms with Gasteiger partial charge in [-0.25, -0.2) is 21.5 Å². The van der Waals surface area contributed by atoms with E-state index in [0.29, 0.717) is 25.1 Å². The van der Waals surface area contributed by atoms with Crippen molar-refractivity contribution >= 4 is 15.9 Å². The minimum atomic E-state index is -3.22. The van der Waals surface area contributed by atoms with Crippen LogP contribution in [0, 0.1) is 17.6 Å². The Morgan fingerprint density at radius 1 is 1.32 bits per heavy atom. The third-order valence-corrected chi connectivity index (χ3v) is 4.87. The van der Waals surface area contributed by atoms with Gasteiger partial charge in [0.1, 0.15) is 11.6 Å². The highest BCUT2D eigenvalue weighted by Crippen LogP contribution is 2.21. The summed E-state index contributed by atoms with van der Waals surface area (Å²) >= 11 is 0. The quantitative estimate of drug-likeness (QED) is 0.882. The molecule has 0 bridgehead atoms. The summed E-state index contributed by atoms with van der Waals surface area (Å²) in [7, 11) is -3.22. The van der Waals surface area contributed by atoms with Crippen LogP contribution < -0.4 is 5.32 Å². The summed E-state index contributed by atoms with van der Waals surface area (Å²) < 4.78 is 50.2. The molecule has 1 saturated heterocycles. The summed E-state index contributed by atoms with van der Waals surface area (Å²) in [5.41, 5.74) is 0.343. The summed E-state index contributed by atoms with van der Waals surface area (Å²) in [5, 5.41) is 2.59. The van der Waals surface area contributed by atoms with Gasteiger partial charge in [0.2, 0.25) is 15.9 Å². The molecule has 1 fully saturated rings. The van der Waals surface area contributed by atoms with Crippen molar-refractivity contribution in [2.45, 2.75) is 19.4 Å². The van der Waals surface area contributed by atoms with Crippen LogP contribution in [0.2, 0.25) is 0 Å². The van der Waals surface area contributed by atoms with Crippen LogP contribution in [0.25, 0.3) is 0 Å². The molecule has 1 unspecified atom stereocenters. The van der Waals surface area contributed by atoms with Gasteiger partial charge in [-0.2, -0.15) is 0 Å². The summed E-state index contributed by atoms with van der Waals surface area (Å²) in [6.07, 6.45) is 1.98. The second-order valence-corrected chi connectivity index (χ2v) is 7.52. The summed E-state index contributed by atoms with van der Waals surface area (Å²) in [6.45, 7) is 0.794. The first-order valence-corrected chi connectivity index (χ1v) is 8.75. The van der Waals surface area contributed by atoms with Crippen LogP contribution in [0.3, 0.4) is 0 Å². The highest BCUT2D eigenvalue weighted by molar-refractivity contribution is 7.88. The number of nitrogens with zero attached hydrogens (tertiary/aromatic N) is 1. The number of nitrogens with one attached hydrogen (secondary N) is 1. The van der Waals surface area contributed by atoms with Crippen LogP contribution in [-0.4, -0.2) is 38.0 Å². The summed E-state index contributed by atoms with van der Waals surface area (Å²) in [4.78, 5) is 11.8. The maximum Gasteiger partial charge on any atom is 0.220 e. The number of amides is 1. The SMILES string of the molecule is CS(=O)(=O)N1CCC(CC(=O)NCc2cc(F)cc(F)c2)C1. The number of rotatable bonds is 5. The second-order valence-electron chi connectivity index (χ2n) is 5.53. The molecular weight excluding hydrogens is 314 g/mol. The van der Waals surface area contributed by atoms with Gasteiger partial charge >= 0.3 is 0 Å². The number of halogens is 2. The van der Waals surface area contributed by atoms with Gasteiger partial charge in [-0.05, 0) is 30.0 Å². The van der Waals surface area contributed by atoms with E-state index in [1.807, 2.05) is 0 Å². The molecule has 1 aromatic rings. The van der Waals surface area contributed by atoms with E-state index < -0.39 is 21.7 Å². The molecule has 2 rings (SSSR count). The Balaban J connectivity index is 1.81. The van der Waals surface area contributed by atoms with E-state index in [1.165, 1.54) is 4.31 Å². The zero-order valence-corrected chi connectivity index (χ0v) is 13.0. The minimum absolute atomic E-state index is 0.0287. The molecule has 0 spiro atoms. The average molecular weight is 332 g/mol. The Hall–Kier alpha value is -1.54. The maximum absolute atomic E-state index is 13.0. The van der Waals surface area contributed by atoms with Crippen LogP contribution in [-0.2, 0) is 21.4 Å². The van der Waals surface area contributed by atoms with Crippen LogP contribution in [0.5, 0.6) is 0 Å². The van der Waals surface area contributed by atoms with Crippen molar-refractivity contribution in [1.82, 2.24) is 9.62 Å². The van der Waals surface area contributed by atoms with Crippen LogP contribution >= 0.6 is 0 Å². The Morgan fingerprint density at radius 2 is 1.95 bits per heavy atom. The molecule has 0 saturated carbocycles. The number of hydrogen-bond acceptors (Lipinski definition) is 3. The standard InChI is InChI=1S/C14H18F2N2O3S/c1-22(20,21)18-3-2-10(9-18)6-14(19)17-8-11-4-12(15)7-13(16)5-11/h4-5,7,10H,2-3,6,8-9H2,1H3,(H,17,19). The van der Waals surface area contributed by atoms with Gasteiger partial charge in [-0.3, -0.25) is 4.79 Å². The van der Waals surface area contributed by atoms with Gasteiger partial charge in [-0.15, -0.1) is 0 Å². The Labute approximate surface area is 128 Å². The lowest BCUT2D eigenvalue weighted by Crippen LogP contribution is -2.29. The lowest BCUT2D eigenvalue weighted by molar-refractivity contribution is -0.122. The van der Waals surface area contributed by atoms with E-state index >= 15 is 0 Å². The molecule has 0 aliphatic carbocycles. The van der Waals surface area contributed by atoms with Crippen LogP contribution in [0.15, 0.2) is 18.2 Å². The fraction of sp³-hybridized carbons (Fsp3) is 0.500. The van der Waals surface area contributed by atoms with Gasteiger partial charge in [-0.1, -0.05) is 0 Å². The third kappa shape index (κ3) is 4.74. The molecule has 8 heteroatoms. The summed E-state index contributed by atoms with van der Waals surface area (Å²) in [6, 6.07) is 3.08. The second kappa shape index (κ2) is 6.70. The molecule has 1 aliphatic heterocycles. The van der Waals surface area contributed by atoms with Crippen LogP contribution in [0.1, 0.15) is 18.4 Å². The van der Waals surface area contributed by atoms with Crippen molar-refractivity contribution in [3.8, 4) is 0 Å². The molecule has 0 radical (unpaired) electrons. The molecule has 1 heterocycles. The number of carbonyl (C=O) groups is 1. The predicted octanol–water partition coefficient (Wildman–Crippen LogP) is 1.25. The lowest BCUT2D eigenvalue weighted by Gasteiger charge is -2.13. The van der Waals surface area contributed by atoms with Gasteiger partial charge in [0.25, 0.3) is 0 Å². The molecule has 1 N–H and O–H groups in total. The lowest BCUT2D eigenvalue weighted by atomic mass is 10.0. The monoisotopic (exact) mass is 332 g/mol. The number of benzene rings is 1. The Kier molecular flexibility index (Phi) is 5.12.